The first-order chi connectivity index (χ1) is 12.5. The number of nitrogens with zero attached hydrogens (tertiary/aromatic N) is 2. The summed E-state index contributed by atoms with van der Waals surface area (Å²) in [5.41, 5.74) is 0. The maximum absolute atomic E-state index is 12.6. The van der Waals surface area contributed by atoms with Gasteiger partial charge < -0.3 is 30.6 Å². The lowest BCUT2D eigenvalue weighted by molar-refractivity contribution is -1.06. The van der Waals surface area contributed by atoms with Crippen LogP contribution >= 0.6 is 0 Å². The highest BCUT2D eigenvalue weighted by Crippen LogP contribution is 2.32. The normalized spacial score (nSPS) is 41.3. The molecule has 0 aliphatic carbocycles. The first-order valence-electron chi connectivity index (χ1n) is 8.90. The highest BCUT2D eigenvalue weighted by Gasteiger charge is 2.65. The zero-order chi connectivity index (χ0) is 20.6. The van der Waals surface area contributed by atoms with Crippen LogP contribution in [0.2, 0.25) is 0 Å². The van der Waals surface area contributed by atoms with Gasteiger partial charge in [-0.25, -0.2) is 9.59 Å². The number of rotatable bonds is 8. The van der Waals surface area contributed by atoms with Gasteiger partial charge in [-0.05, 0) is 13.8 Å². The lowest BCUT2D eigenvalue weighted by atomic mass is 10.2. The quantitative estimate of drug-likeness (QED) is 0.199. The van der Waals surface area contributed by atoms with Gasteiger partial charge in [0.25, 0.3) is 0 Å². The number of quaternary nitrogens is 2. The molecule has 2 fully saturated rings. The van der Waals surface area contributed by atoms with Crippen molar-refractivity contribution in [2.75, 3.05) is 19.8 Å². The summed E-state index contributed by atoms with van der Waals surface area (Å²) >= 11 is 0. The summed E-state index contributed by atoms with van der Waals surface area (Å²) < 4.78 is -1.66. The maximum atomic E-state index is 12.6. The summed E-state index contributed by atoms with van der Waals surface area (Å²) in [6.45, 7) is 2.27. The van der Waals surface area contributed by atoms with Gasteiger partial charge >= 0.3 is 12.1 Å². The third-order valence-corrected chi connectivity index (χ3v) is 5.33. The number of carbonyl (C=O) groups excluding carboxylic acids is 2. The predicted molar refractivity (Wildman–Crippen MR) is 88.8 cm³/mol. The zero-order valence-corrected chi connectivity index (χ0v) is 15.4. The van der Waals surface area contributed by atoms with Crippen molar-refractivity contribution < 1.29 is 49.2 Å². The Hall–Kier alpha value is -1.38. The fraction of sp³-hybridized carbons (Fsp3) is 0.867. The third-order valence-electron chi connectivity index (χ3n) is 5.33. The number of amides is 4. The van der Waals surface area contributed by atoms with E-state index in [1.165, 1.54) is 13.8 Å². The molecule has 0 aromatic rings. The molecule has 0 aromatic carbocycles. The average Bonchev–Trinajstić information content (AvgIpc) is 2.91. The van der Waals surface area contributed by atoms with Crippen molar-refractivity contribution in [2.45, 2.75) is 63.8 Å². The number of nitrogens with one attached hydrogen (secondary N) is 2. The summed E-state index contributed by atoms with van der Waals surface area (Å²) in [4.78, 5) is 25.2. The van der Waals surface area contributed by atoms with E-state index in [0.29, 0.717) is 0 Å². The Morgan fingerprint density at radius 1 is 0.815 bits per heavy atom. The molecule has 12 heteroatoms. The van der Waals surface area contributed by atoms with Crippen molar-refractivity contribution in [2.24, 2.45) is 0 Å². The van der Waals surface area contributed by atoms with Gasteiger partial charge in [-0.1, -0.05) is 0 Å². The van der Waals surface area contributed by atoms with Gasteiger partial charge in [0, 0.05) is 12.8 Å². The van der Waals surface area contributed by atoms with Crippen LogP contribution in [-0.4, -0.2) is 109 Å². The Bertz CT molecular complexity index is 528. The van der Waals surface area contributed by atoms with E-state index < -0.39 is 64.8 Å². The van der Waals surface area contributed by atoms with Crippen molar-refractivity contribution in [1.82, 2.24) is 10.6 Å². The molecular weight excluding hydrogens is 364 g/mol. The lowest BCUT2D eigenvalue weighted by Crippen LogP contribution is -2.71. The minimum atomic E-state index is -1.64. The van der Waals surface area contributed by atoms with Crippen LogP contribution in [0.25, 0.3) is 0 Å². The van der Waals surface area contributed by atoms with E-state index in [1.54, 1.807) is 0 Å². The molecule has 2 saturated heterocycles. The Morgan fingerprint density at radius 3 is 1.37 bits per heavy atom. The number of aliphatic hydroxyl groups excluding tert-OH is 6. The van der Waals surface area contributed by atoms with Gasteiger partial charge in [-0.3, -0.25) is 10.6 Å². The van der Waals surface area contributed by atoms with E-state index in [-0.39, 0.29) is 25.9 Å². The number of aliphatic hydroxyl groups is 6. The summed E-state index contributed by atoms with van der Waals surface area (Å²) in [6.07, 6.45) is -7.93. The Labute approximate surface area is 156 Å². The van der Waals surface area contributed by atoms with Crippen LogP contribution < -0.4 is 10.6 Å². The number of hydrogen-bond acceptors (Lipinski definition) is 8. The smallest absolute Gasteiger partial charge is 0.393 e. The van der Waals surface area contributed by atoms with Crippen molar-refractivity contribution >= 4 is 12.1 Å². The maximum Gasteiger partial charge on any atom is 0.425 e. The van der Waals surface area contributed by atoms with Crippen LogP contribution in [0.15, 0.2) is 0 Å². The molecule has 8 unspecified atom stereocenters. The monoisotopic (exact) mass is 394 g/mol. The molecule has 27 heavy (non-hydrogen) atoms. The van der Waals surface area contributed by atoms with Gasteiger partial charge in [0.2, 0.25) is 31.6 Å². The highest BCUT2D eigenvalue weighted by atomic mass is 16.4. The summed E-state index contributed by atoms with van der Waals surface area (Å²) in [5, 5.41) is 64.5. The summed E-state index contributed by atoms with van der Waals surface area (Å²) in [5.74, 6) is 0. The van der Waals surface area contributed by atoms with Crippen molar-refractivity contribution in [3.05, 3.63) is 0 Å². The molecule has 8 atom stereocenters. The van der Waals surface area contributed by atoms with E-state index in [1.807, 2.05) is 0 Å². The van der Waals surface area contributed by atoms with Crippen molar-refractivity contribution in [1.29, 1.82) is 0 Å². The molecule has 156 valence electrons. The van der Waals surface area contributed by atoms with Crippen LogP contribution in [0.4, 0.5) is 9.59 Å². The molecule has 0 aromatic heterocycles. The number of hydrogen-bond donors (Lipinski definition) is 8. The van der Waals surface area contributed by atoms with Crippen molar-refractivity contribution in [3.63, 3.8) is 0 Å². The average molecular weight is 394 g/mol. The van der Waals surface area contributed by atoms with Gasteiger partial charge in [0.1, 0.15) is 0 Å². The third kappa shape index (κ3) is 3.93. The minimum absolute atomic E-state index is 0.0773. The largest absolute Gasteiger partial charge is 0.425 e. The lowest BCUT2D eigenvalue weighted by Gasteiger charge is -2.41. The van der Waals surface area contributed by atoms with Gasteiger partial charge in [0.15, 0.2) is 0 Å². The molecule has 2 aliphatic heterocycles. The second-order valence-corrected chi connectivity index (χ2v) is 7.55. The molecule has 12 nitrogen and oxygen atoms in total. The zero-order valence-electron chi connectivity index (χ0n) is 15.4. The van der Waals surface area contributed by atoms with Gasteiger partial charge in [-0.2, -0.15) is 8.97 Å². The molecule has 0 saturated carbocycles. The van der Waals surface area contributed by atoms with E-state index in [4.69, 9.17) is 0 Å². The first-order valence-corrected chi connectivity index (χ1v) is 8.90. The molecule has 0 bridgehead atoms. The summed E-state index contributed by atoms with van der Waals surface area (Å²) in [7, 11) is 0. The van der Waals surface area contributed by atoms with Crippen LogP contribution in [0.5, 0.6) is 0 Å². The van der Waals surface area contributed by atoms with E-state index in [2.05, 4.69) is 10.6 Å². The number of urea groups is 2. The Balaban J connectivity index is 2.44. The molecule has 0 radical (unpaired) electrons. The van der Waals surface area contributed by atoms with E-state index in [0.717, 1.165) is 0 Å². The first kappa shape index (κ1) is 21.9. The molecule has 4 amide bonds. The van der Waals surface area contributed by atoms with Gasteiger partial charge in [0.05, 0.1) is 25.3 Å². The van der Waals surface area contributed by atoms with Crippen LogP contribution in [0.1, 0.15) is 26.7 Å². The topological polar surface area (TPSA) is 180 Å². The van der Waals surface area contributed by atoms with Crippen molar-refractivity contribution in [3.8, 4) is 0 Å². The van der Waals surface area contributed by atoms with Crippen LogP contribution in [0.3, 0.4) is 0 Å². The van der Waals surface area contributed by atoms with Crippen LogP contribution in [0, 0.1) is 0 Å². The molecule has 2 rings (SSSR count). The molecule has 2 heterocycles. The number of carbonyl (C=O) groups is 2. The Morgan fingerprint density at radius 2 is 1.15 bits per heavy atom. The predicted octanol–water partition coefficient (Wildman–Crippen LogP) is -3.16. The molecule has 8 N–H and O–H groups in total. The second kappa shape index (κ2) is 7.93. The van der Waals surface area contributed by atoms with Crippen LogP contribution in [-0.2, 0) is 0 Å². The standard InChI is InChI=1S/C15H28N4O8/c1-8(20)3-5-18(12(24)10(22)16-14(18)26)7-19(6-4-9(2)21)13(25)11(23)17-15(19)27/h8-13,20-25H,3-7H2,1-2H3/p+2. The molecule has 0 spiro atoms. The highest BCUT2D eigenvalue weighted by molar-refractivity contribution is 5.71. The summed E-state index contributed by atoms with van der Waals surface area (Å²) in [6, 6.07) is -1.54. The fourth-order valence-corrected chi connectivity index (χ4v) is 3.63. The van der Waals surface area contributed by atoms with Gasteiger partial charge in [-0.15, -0.1) is 0 Å². The SMILES string of the molecule is CC(O)CC[N+]1(C[N+]2(CCC(C)O)C(=O)NC(O)C2O)C(=O)NC(O)C1O. The minimum Gasteiger partial charge on any atom is -0.393 e. The Kier molecular flexibility index (Phi) is 6.44. The molecule has 2 aliphatic rings. The fourth-order valence-electron chi connectivity index (χ4n) is 3.63. The molecular formula is C15H30N4O8+2. The second-order valence-electron chi connectivity index (χ2n) is 7.55. The van der Waals surface area contributed by atoms with E-state index in [9.17, 15) is 40.2 Å². The van der Waals surface area contributed by atoms with E-state index >= 15 is 0 Å².